The zero-order valence-electron chi connectivity index (χ0n) is 26.9. The van der Waals surface area contributed by atoms with Gasteiger partial charge in [-0.2, -0.15) is 0 Å². The van der Waals surface area contributed by atoms with Gasteiger partial charge in [0.1, 0.15) is 13.2 Å². The highest BCUT2D eigenvalue weighted by atomic mass is 16.6. The third kappa shape index (κ3) is 28.0. The Labute approximate surface area is 248 Å². The van der Waals surface area contributed by atoms with Crippen LogP contribution in [0, 0.1) is 0 Å². The Morgan fingerprint density at radius 1 is 0.475 bits per heavy atom. The first-order valence-electron chi connectivity index (χ1n) is 17.2. The van der Waals surface area contributed by atoms with Crippen LogP contribution in [0.4, 0.5) is 0 Å². The van der Waals surface area contributed by atoms with Crippen LogP contribution in [0.1, 0.15) is 181 Å². The Morgan fingerprint density at radius 3 is 1.27 bits per heavy atom. The van der Waals surface area contributed by atoms with E-state index in [0.717, 1.165) is 44.9 Å². The van der Waals surface area contributed by atoms with Crippen LogP contribution in [0.3, 0.4) is 0 Å². The van der Waals surface area contributed by atoms with Crippen molar-refractivity contribution in [3.05, 3.63) is 12.3 Å². The highest BCUT2D eigenvalue weighted by Gasteiger charge is 2.18. The maximum absolute atomic E-state index is 12.5. The molecule has 0 fully saturated rings. The van der Waals surface area contributed by atoms with Gasteiger partial charge < -0.3 is 14.2 Å². The molecule has 1 unspecified atom stereocenters. The maximum Gasteiger partial charge on any atom is 0.306 e. The van der Waals surface area contributed by atoms with Crippen LogP contribution in [0.5, 0.6) is 0 Å². The van der Waals surface area contributed by atoms with Gasteiger partial charge in [0.15, 0.2) is 6.10 Å². The second kappa shape index (κ2) is 30.4. The molecule has 0 spiro atoms. The van der Waals surface area contributed by atoms with Crippen molar-refractivity contribution in [2.24, 2.45) is 0 Å². The van der Waals surface area contributed by atoms with Gasteiger partial charge in [0.05, 0.1) is 5.76 Å². The molecule has 0 amide bonds. The molecule has 0 aromatic carbocycles. The van der Waals surface area contributed by atoms with Crippen molar-refractivity contribution in [2.45, 2.75) is 187 Å². The van der Waals surface area contributed by atoms with Gasteiger partial charge in [-0.1, -0.05) is 149 Å². The highest BCUT2D eigenvalue weighted by molar-refractivity contribution is 5.70. The minimum Gasteiger partial charge on any atom is -0.495 e. The second-order valence-corrected chi connectivity index (χ2v) is 11.6. The summed E-state index contributed by atoms with van der Waals surface area (Å²) in [5.41, 5.74) is 0. The highest BCUT2D eigenvalue weighted by Crippen LogP contribution is 2.15. The van der Waals surface area contributed by atoms with Crippen molar-refractivity contribution in [3.63, 3.8) is 0 Å². The largest absolute Gasteiger partial charge is 0.495 e. The molecule has 40 heavy (non-hydrogen) atoms. The molecule has 0 bridgehead atoms. The number of carbonyl (C=O) groups is 2. The monoisotopic (exact) mass is 566 g/mol. The molecule has 0 aliphatic carbocycles. The summed E-state index contributed by atoms with van der Waals surface area (Å²) in [5, 5.41) is 0. The van der Waals surface area contributed by atoms with Crippen LogP contribution < -0.4 is 0 Å². The molecule has 0 aromatic rings. The molecule has 236 valence electrons. The molecular formula is C35H66O5. The van der Waals surface area contributed by atoms with Gasteiger partial charge in [-0.3, -0.25) is 9.59 Å². The Hall–Kier alpha value is -1.52. The summed E-state index contributed by atoms with van der Waals surface area (Å²) >= 11 is 0. The fraction of sp³-hybridized carbons (Fsp3) is 0.886. The van der Waals surface area contributed by atoms with Crippen molar-refractivity contribution in [1.29, 1.82) is 0 Å². The lowest BCUT2D eigenvalue weighted by Gasteiger charge is -2.19. The molecule has 1 atom stereocenters. The Balaban J connectivity index is 4.36. The van der Waals surface area contributed by atoms with E-state index in [9.17, 15) is 9.59 Å². The first-order chi connectivity index (χ1) is 19.5. The fourth-order valence-corrected chi connectivity index (χ4v) is 4.81. The molecule has 0 aliphatic heterocycles. The third-order valence-corrected chi connectivity index (χ3v) is 7.48. The van der Waals surface area contributed by atoms with Gasteiger partial charge in [-0.25, -0.2) is 0 Å². The third-order valence-electron chi connectivity index (χ3n) is 7.48. The zero-order chi connectivity index (χ0) is 29.5. The van der Waals surface area contributed by atoms with E-state index in [2.05, 4.69) is 27.4 Å². The molecule has 0 saturated carbocycles. The van der Waals surface area contributed by atoms with Crippen molar-refractivity contribution < 1.29 is 23.8 Å². The lowest BCUT2D eigenvalue weighted by atomic mass is 10.1. The summed E-state index contributed by atoms with van der Waals surface area (Å²) in [5.74, 6) is 0.257. The molecular weight excluding hydrogens is 500 g/mol. The van der Waals surface area contributed by atoms with Crippen LogP contribution in [0.2, 0.25) is 0 Å². The lowest BCUT2D eigenvalue weighted by Crippen LogP contribution is -2.29. The van der Waals surface area contributed by atoms with E-state index in [4.69, 9.17) is 14.2 Å². The van der Waals surface area contributed by atoms with Gasteiger partial charge >= 0.3 is 11.9 Å². The summed E-state index contributed by atoms with van der Waals surface area (Å²) in [6, 6.07) is 0. The number of hydrogen-bond acceptors (Lipinski definition) is 5. The van der Waals surface area contributed by atoms with E-state index < -0.39 is 6.10 Å². The minimum absolute atomic E-state index is 0.0449. The zero-order valence-corrected chi connectivity index (χ0v) is 26.9. The molecule has 5 nitrogen and oxygen atoms in total. The Kier molecular flexibility index (Phi) is 29.3. The molecule has 0 N–H and O–H groups in total. The first kappa shape index (κ1) is 38.5. The van der Waals surface area contributed by atoms with Gasteiger partial charge in [-0.05, 0) is 19.3 Å². The number of esters is 2. The van der Waals surface area contributed by atoms with Gasteiger partial charge in [-0.15, -0.1) is 0 Å². The standard InChI is InChI=1S/C35H66O5/c1-5-8-11-14-17-20-23-26-29-35(37)40-33(30-38-32(4)27-24-21-18-15-12-9-6-2)31-39-34(36)28-25-22-19-16-13-10-7-3/h33H,4-31H2,1-3H3. The smallest absolute Gasteiger partial charge is 0.306 e. The van der Waals surface area contributed by atoms with Crippen LogP contribution >= 0.6 is 0 Å². The summed E-state index contributed by atoms with van der Waals surface area (Å²) in [6.45, 7) is 11.0. The van der Waals surface area contributed by atoms with Crippen molar-refractivity contribution in [1.82, 2.24) is 0 Å². The average Bonchev–Trinajstić information content (AvgIpc) is 2.94. The lowest BCUT2D eigenvalue weighted by molar-refractivity contribution is -0.162. The van der Waals surface area contributed by atoms with Crippen molar-refractivity contribution in [3.8, 4) is 0 Å². The summed E-state index contributed by atoms with van der Waals surface area (Å²) in [6.07, 6.45) is 27.3. The first-order valence-corrected chi connectivity index (χ1v) is 17.2. The van der Waals surface area contributed by atoms with E-state index in [1.54, 1.807) is 0 Å². The van der Waals surface area contributed by atoms with E-state index in [-0.39, 0.29) is 25.2 Å². The molecule has 0 aliphatic rings. The van der Waals surface area contributed by atoms with Crippen molar-refractivity contribution >= 4 is 11.9 Å². The summed E-state index contributed by atoms with van der Waals surface area (Å²) < 4.78 is 17.0. The topological polar surface area (TPSA) is 61.8 Å². The number of ether oxygens (including phenoxy) is 3. The number of carbonyl (C=O) groups excluding carboxylic acids is 2. The van der Waals surface area contributed by atoms with Crippen LogP contribution in [0.15, 0.2) is 12.3 Å². The fourth-order valence-electron chi connectivity index (χ4n) is 4.81. The van der Waals surface area contributed by atoms with Crippen LogP contribution in [-0.2, 0) is 23.8 Å². The van der Waals surface area contributed by atoms with E-state index in [1.807, 2.05) is 0 Å². The van der Waals surface area contributed by atoms with E-state index in [0.29, 0.717) is 18.6 Å². The van der Waals surface area contributed by atoms with E-state index in [1.165, 1.54) is 103 Å². The number of unbranched alkanes of at least 4 members (excludes halogenated alkanes) is 19. The Bertz CT molecular complexity index is 554. The van der Waals surface area contributed by atoms with Crippen LogP contribution in [-0.4, -0.2) is 31.3 Å². The number of rotatable bonds is 31. The predicted molar refractivity (Wildman–Crippen MR) is 168 cm³/mol. The summed E-state index contributed by atoms with van der Waals surface area (Å²) in [4.78, 5) is 24.8. The second-order valence-electron chi connectivity index (χ2n) is 11.6. The molecule has 0 saturated heterocycles. The van der Waals surface area contributed by atoms with E-state index >= 15 is 0 Å². The molecule has 0 heterocycles. The average molecular weight is 567 g/mol. The summed E-state index contributed by atoms with van der Waals surface area (Å²) in [7, 11) is 0. The Morgan fingerprint density at radius 2 is 0.825 bits per heavy atom. The molecule has 5 heteroatoms. The quantitative estimate of drug-likeness (QED) is 0.0474. The number of hydrogen-bond donors (Lipinski definition) is 0. The maximum atomic E-state index is 12.5. The SMILES string of the molecule is C=C(CCCCCCCCC)OCC(COC(=O)CCCCCCCCC)OC(=O)CCCCCCCCCC. The van der Waals surface area contributed by atoms with Gasteiger partial charge in [0.2, 0.25) is 0 Å². The minimum atomic E-state index is -0.592. The normalized spacial score (nSPS) is 11.8. The van der Waals surface area contributed by atoms with Gasteiger partial charge in [0.25, 0.3) is 0 Å². The molecule has 0 aromatic heterocycles. The van der Waals surface area contributed by atoms with Gasteiger partial charge in [0, 0.05) is 19.3 Å². The van der Waals surface area contributed by atoms with Crippen molar-refractivity contribution in [2.75, 3.05) is 13.2 Å². The predicted octanol–water partition coefficient (Wildman–Crippen LogP) is 10.8. The molecule has 0 radical (unpaired) electrons. The van der Waals surface area contributed by atoms with Crippen LogP contribution in [0.25, 0.3) is 0 Å². The molecule has 0 rings (SSSR count). The number of allylic oxidation sites excluding steroid dienone is 1.